The molecule has 0 saturated heterocycles. The fourth-order valence-electron chi connectivity index (χ4n) is 2.16. The Hall–Kier alpha value is -2.33. The predicted molar refractivity (Wildman–Crippen MR) is 84.5 cm³/mol. The maximum atomic E-state index is 12.2. The number of amides is 1. The number of thiophene rings is 1. The maximum Gasteiger partial charge on any atom is 0.287 e. The lowest BCUT2D eigenvalue weighted by atomic mass is 10.1. The van der Waals surface area contributed by atoms with E-state index >= 15 is 0 Å². The van der Waals surface area contributed by atoms with Crippen LogP contribution in [0, 0.1) is 0 Å². The van der Waals surface area contributed by atoms with Crippen LogP contribution in [0.1, 0.15) is 15.4 Å². The van der Waals surface area contributed by atoms with E-state index in [-0.39, 0.29) is 5.91 Å². The zero-order valence-corrected chi connectivity index (χ0v) is 12.2. The second-order valence-electron chi connectivity index (χ2n) is 4.61. The van der Waals surface area contributed by atoms with E-state index in [1.54, 1.807) is 17.6 Å². The molecule has 2 aromatic heterocycles. The maximum absolute atomic E-state index is 12.2. The standard InChI is InChI=1S/C17H15NO2S/c19-17(18-10-8-14-7-4-12-21-14)16-15(9-11-20-16)13-5-2-1-3-6-13/h1-7,9,11-12H,8,10H2,(H,18,19). The van der Waals surface area contributed by atoms with Crippen molar-refractivity contribution >= 4 is 17.2 Å². The van der Waals surface area contributed by atoms with Gasteiger partial charge >= 0.3 is 0 Å². The third-order valence-electron chi connectivity index (χ3n) is 3.19. The summed E-state index contributed by atoms with van der Waals surface area (Å²) in [6, 6.07) is 15.7. The minimum absolute atomic E-state index is 0.171. The number of furan rings is 1. The van der Waals surface area contributed by atoms with Gasteiger partial charge in [-0.05, 0) is 29.5 Å². The van der Waals surface area contributed by atoms with Crippen LogP contribution in [0.25, 0.3) is 11.1 Å². The summed E-state index contributed by atoms with van der Waals surface area (Å²) in [5.74, 6) is 0.197. The molecule has 1 amide bonds. The SMILES string of the molecule is O=C(NCCc1cccs1)c1occc1-c1ccccc1. The van der Waals surface area contributed by atoms with Gasteiger partial charge in [0.1, 0.15) is 0 Å². The summed E-state index contributed by atoms with van der Waals surface area (Å²) < 4.78 is 5.36. The van der Waals surface area contributed by atoms with Gasteiger partial charge in [-0.15, -0.1) is 11.3 Å². The first-order chi connectivity index (χ1) is 10.3. The number of carbonyl (C=O) groups excluding carboxylic acids is 1. The van der Waals surface area contributed by atoms with Crippen LogP contribution in [0.5, 0.6) is 0 Å². The molecule has 1 N–H and O–H groups in total. The molecule has 0 radical (unpaired) electrons. The first-order valence-electron chi connectivity index (χ1n) is 6.78. The van der Waals surface area contributed by atoms with Gasteiger partial charge in [-0.25, -0.2) is 0 Å². The summed E-state index contributed by atoms with van der Waals surface area (Å²) in [6.07, 6.45) is 2.39. The van der Waals surface area contributed by atoms with Crippen molar-refractivity contribution < 1.29 is 9.21 Å². The molecule has 2 heterocycles. The highest BCUT2D eigenvalue weighted by molar-refractivity contribution is 7.09. The van der Waals surface area contributed by atoms with Crippen molar-refractivity contribution in [2.45, 2.75) is 6.42 Å². The van der Waals surface area contributed by atoms with Gasteiger partial charge in [-0.1, -0.05) is 36.4 Å². The first kappa shape index (κ1) is 13.6. The summed E-state index contributed by atoms with van der Waals surface area (Å²) in [5.41, 5.74) is 1.80. The van der Waals surface area contributed by atoms with Gasteiger partial charge in [-0.3, -0.25) is 4.79 Å². The molecule has 21 heavy (non-hydrogen) atoms. The predicted octanol–water partition coefficient (Wildman–Crippen LogP) is 3.98. The second kappa shape index (κ2) is 6.41. The molecule has 0 aliphatic rings. The van der Waals surface area contributed by atoms with Crippen molar-refractivity contribution in [3.63, 3.8) is 0 Å². The van der Waals surface area contributed by atoms with E-state index < -0.39 is 0 Å². The normalized spacial score (nSPS) is 10.5. The second-order valence-corrected chi connectivity index (χ2v) is 5.65. The lowest BCUT2D eigenvalue weighted by Gasteiger charge is -2.04. The fraction of sp³-hybridized carbons (Fsp3) is 0.118. The molecule has 4 heteroatoms. The first-order valence-corrected chi connectivity index (χ1v) is 7.66. The molecule has 106 valence electrons. The minimum atomic E-state index is -0.171. The quantitative estimate of drug-likeness (QED) is 0.774. The average molecular weight is 297 g/mol. The summed E-state index contributed by atoms with van der Waals surface area (Å²) in [7, 11) is 0. The Labute approximate surface area is 127 Å². The van der Waals surface area contributed by atoms with Crippen molar-refractivity contribution in [1.29, 1.82) is 0 Å². The Bertz CT molecular complexity index is 701. The van der Waals surface area contributed by atoms with Gasteiger partial charge in [0.2, 0.25) is 0 Å². The summed E-state index contributed by atoms with van der Waals surface area (Å²) in [4.78, 5) is 13.5. The van der Waals surface area contributed by atoms with Gasteiger partial charge in [0.05, 0.1) is 6.26 Å². The zero-order chi connectivity index (χ0) is 14.5. The molecule has 0 spiro atoms. The van der Waals surface area contributed by atoms with E-state index in [2.05, 4.69) is 11.4 Å². The topological polar surface area (TPSA) is 42.2 Å². The summed E-state index contributed by atoms with van der Waals surface area (Å²) in [6.45, 7) is 0.605. The molecule has 0 unspecified atom stereocenters. The van der Waals surface area contributed by atoms with Crippen LogP contribution < -0.4 is 5.32 Å². The summed E-state index contributed by atoms with van der Waals surface area (Å²) >= 11 is 1.70. The molecule has 0 aliphatic carbocycles. The van der Waals surface area contributed by atoms with E-state index in [0.717, 1.165) is 17.5 Å². The molecule has 3 aromatic rings. The Balaban J connectivity index is 1.67. The molecule has 0 saturated carbocycles. The molecule has 3 rings (SSSR count). The van der Waals surface area contributed by atoms with Gasteiger partial charge in [0, 0.05) is 17.0 Å². The molecule has 0 aliphatic heterocycles. The van der Waals surface area contributed by atoms with Crippen LogP contribution in [-0.2, 0) is 6.42 Å². The zero-order valence-electron chi connectivity index (χ0n) is 11.4. The van der Waals surface area contributed by atoms with Crippen molar-refractivity contribution in [3.8, 4) is 11.1 Å². The number of hydrogen-bond donors (Lipinski definition) is 1. The number of nitrogens with one attached hydrogen (secondary N) is 1. The minimum Gasteiger partial charge on any atom is -0.459 e. The number of rotatable bonds is 5. The largest absolute Gasteiger partial charge is 0.459 e. The Morgan fingerprint density at radius 2 is 1.95 bits per heavy atom. The molecule has 3 nitrogen and oxygen atoms in total. The van der Waals surface area contributed by atoms with Crippen molar-refractivity contribution in [1.82, 2.24) is 5.32 Å². The lowest BCUT2D eigenvalue weighted by molar-refractivity contribution is 0.0927. The molecular formula is C17H15NO2S. The lowest BCUT2D eigenvalue weighted by Crippen LogP contribution is -2.25. The molecule has 1 aromatic carbocycles. The van der Waals surface area contributed by atoms with Crippen LogP contribution in [0.2, 0.25) is 0 Å². The Kier molecular flexibility index (Phi) is 4.17. The highest BCUT2D eigenvalue weighted by Gasteiger charge is 2.16. The van der Waals surface area contributed by atoms with Gasteiger partial charge in [-0.2, -0.15) is 0 Å². The van der Waals surface area contributed by atoms with E-state index in [4.69, 9.17) is 4.42 Å². The number of hydrogen-bond acceptors (Lipinski definition) is 3. The molecule has 0 atom stereocenters. The van der Waals surface area contributed by atoms with Crippen molar-refractivity contribution in [2.75, 3.05) is 6.54 Å². The van der Waals surface area contributed by atoms with E-state index in [1.807, 2.05) is 47.8 Å². The summed E-state index contributed by atoms with van der Waals surface area (Å²) in [5, 5.41) is 4.95. The van der Waals surface area contributed by atoms with E-state index in [1.165, 1.54) is 4.88 Å². The average Bonchev–Trinajstić information content (AvgIpc) is 3.19. The highest BCUT2D eigenvalue weighted by Crippen LogP contribution is 2.24. The third kappa shape index (κ3) is 3.23. The number of benzene rings is 1. The van der Waals surface area contributed by atoms with Crippen molar-refractivity contribution in [3.05, 3.63) is 70.8 Å². The van der Waals surface area contributed by atoms with Crippen molar-refractivity contribution in [2.24, 2.45) is 0 Å². The highest BCUT2D eigenvalue weighted by atomic mass is 32.1. The molecule has 0 bridgehead atoms. The van der Waals surface area contributed by atoms with E-state index in [0.29, 0.717) is 12.3 Å². The van der Waals surface area contributed by atoms with E-state index in [9.17, 15) is 4.79 Å². The van der Waals surface area contributed by atoms with Crippen LogP contribution in [0.4, 0.5) is 0 Å². The van der Waals surface area contributed by atoms with Gasteiger partial charge in [0.15, 0.2) is 5.76 Å². The molecular weight excluding hydrogens is 282 g/mol. The Morgan fingerprint density at radius 3 is 2.71 bits per heavy atom. The Morgan fingerprint density at radius 1 is 1.10 bits per heavy atom. The molecule has 0 fully saturated rings. The van der Waals surface area contributed by atoms with Crippen LogP contribution in [-0.4, -0.2) is 12.5 Å². The van der Waals surface area contributed by atoms with Crippen LogP contribution in [0.15, 0.2) is 64.6 Å². The van der Waals surface area contributed by atoms with Gasteiger partial charge in [0.25, 0.3) is 5.91 Å². The van der Waals surface area contributed by atoms with Crippen LogP contribution >= 0.6 is 11.3 Å². The monoisotopic (exact) mass is 297 g/mol. The van der Waals surface area contributed by atoms with Crippen LogP contribution in [0.3, 0.4) is 0 Å². The van der Waals surface area contributed by atoms with Gasteiger partial charge < -0.3 is 9.73 Å². The smallest absolute Gasteiger partial charge is 0.287 e. The number of carbonyl (C=O) groups is 1. The fourth-order valence-corrected chi connectivity index (χ4v) is 2.87. The third-order valence-corrected chi connectivity index (χ3v) is 4.13.